The van der Waals surface area contributed by atoms with E-state index in [-0.39, 0.29) is 19.6 Å². The number of carbonyl (C=O) groups excluding carboxylic acids is 1. The molecule has 3 aromatic rings. The molecule has 29 heavy (non-hydrogen) atoms. The molecule has 0 saturated heterocycles. The second-order valence-electron chi connectivity index (χ2n) is 5.82. The predicted molar refractivity (Wildman–Crippen MR) is 98.3 cm³/mol. The maximum Gasteiger partial charge on any atom is 0.435 e. The number of rotatable bonds is 6. The third kappa shape index (κ3) is 5.16. The maximum absolute atomic E-state index is 12.7. The summed E-state index contributed by atoms with van der Waals surface area (Å²) in [5.41, 5.74) is -1.87. The number of hydrogen-bond acceptors (Lipinski definition) is 6. The molecule has 0 atom stereocenters. The molecule has 12 heteroatoms. The van der Waals surface area contributed by atoms with Gasteiger partial charge in [0.15, 0.2) is 5.69 Å². The van der Waals surface area contributed by atoms with Crippen LogP contribution in [0, 0.1) is 0 Å². The van der Waals surface area contributed by atoms with E-state index in [2.05, 4.69) is 15.5 Å². The SMILES string of the molecule is O=C(Cn1nc(-c2cccs2)ccc1=O)NCCn1nc(C(F)(F)F)ccc1=O. The summed E-state index contributed by atoms with van der Waals surface area (Å²) in [5.74, 6) is -0.581. The maximum atomic E-state index is 12.7. The molecule has 0 fully saturated rings. The number of thiophene rings is 1. The zero-order valence-corrected chi connectivity index (χ0v) is 15.5. The van der Waals surface area contributed by atoms with Crippen LogP contribution in [0.4, 0.5) is 13.2 Å². The lowest BCUT2D eigenvalue weighted by Crippen LogP contribution is -2.36. The van der Waals surface area contributed by atoms with Crippen molar-refractivity contribution in [2.75, 3.05) is 6.54 Å². The zero-order valence-electron chi connectivity index (χ0n) is 14.7. The fourth-order valence-corrected chi connectivity index (χ4v) is 3.06. The summed E-state index contributed by atoms with van der Waals surface area (Å²) in [5, 5.41) is 11.7. The van der Waals surface area contributed by atoms with Crippen molar-refractivity contribution in [1.82, 2.24) is 24.9 Å². The molecule has 3 heterocycles. The summed E-state index contributed by atoms with van der Waals surface area (Å²) in [6.07, 6.45) is -4.68. The molecule has 0 bridgehead atoms. The standard InChI is InChI=1S/C17H14F3N5O3S/c18-17(19,20)13-4-6-15(27)24(23-13)8-7-21-14(26)10-25-16(28)5-3-11(22-25)12-2-1-9-29-12/h1-6,9H,7-8,10H2,(H,21,26). The number of aromatic nitrogens is 4. The molecule has 0 aliphatic carbocycles. The summed E-state index contributed by atoms with van der Waals surface area (Å²) < 4.78 is 39.6. The number of carbonyl (C=O) groups is 1. The van der Waals surface area contributed by atoms with Crippen LogP contribution in [0.15, 0.2) is 51.4 Å². The molecule has 1 amide bonds. The monoisotopic (exact) mass is 425 g/mol. The number of nitrogens with one attached hydrogen (secondary N) is 1. The van der Waals surface area contributed by atoms with E-state index < -0.39 is 28.9 Å². The fraction of sp³-hybridized carbons (Fsp3) is 0.235. The lowest BCUT2D eigenvalue weighted by molar-refractivity contribution is -0.142. The van der Waals surface area contributed by atoms with E-state index >= 15 is 0 Å². The minimum atomic E-state index is -4.68. The topological polar surface area (TPSA) is 98.9 Å². The van der Waals surface area contributed by atoms with E-state index in [0.29, 0.717) is 16.4 Å². The van der Waals surface area contributed by atoms with E-state index in [1.807, 2.05) is 17.5 Å². The molecule has 0 saturated carbocycles. The van der Waals surface area contributed by atoms with Crippen LogP contribution in [0.5, 0.6) is 0 Å². The molecular weight excluding hydrogens is 411 g/mol. The molecule has 3 rings (SSSR count). The minimum absolute atomic E-state index is 0.146. The first kappa shape index (κ1) is 20.5. The normalized spacial score (nSPS) is 11.4. The highest BCUT2D eigenvalue weighted by Gasteiger charge is 2.33. The average Bonchev–Trinajstić information content (AvgIpc) is 3.19. The molecule has 3 aromatic heterocycles. The van der Waals surface area contributed by atoms with Crippen molar-refractivity contribution in [2.24, 2.45) is 0 Å². The van der Waals surface area contributed by atoms with Gasteiger partial charge in [0.05, 0.1) is 11.4 Å². The lowest BCUT2D eigenvalue weighted by atomic mass is 10.3. The Balaban J connectivity index is 1.62. The van der Waals surface area contributed by atoms with Crippen molar-refractivity contribution in [3.8, 4) is 10.6 Å². The van der Waals surface area contributed by atoms with Crippen molar-refractivity contribution in [3.05, 3.63) is 68.2 Å². The zero-order chi connectivity index (χ0) is 21.0. The highest BCUT2D eigenvalue weighted by Crippen LogP contribution is 2.26. The molecular formula is C17H14F3N5O3S. The smallest absolute Gasteiger partial charge is 0.353 e. The van der Waals surface area contributed by atoms with Gasteiger partial charge in [-0.2, -0.15) is 23.4 Å². The van der Waals surface area contributed by atoms with E-state index in [4.69, 9.17) is 0 Å². The highest BCUT2D eigenvalue weighted by atomic mass is 32.1. The van der Waals surface area contributed by atoms with Crippen LogP contribution < -0.4 is 16.4 Å². The predicted octanol–water partition coefficient (Wildman–Crippen LogP) is 1.36. The number of hydrogen-bond donors (Lipinski definition) is 1. The first-order chi connectivity index (χ1) is 13.7. The lowest BCUT2D eigenvalue weighted by Gasteiger charge is -2.10. The second kappa shape index (κ2) is 8.39. The highest BCUT2D eigenvalue weighted by molar-refractivity contribution is 7.13. The van der Waals surface area contributed by atoms with Gasteiger partial charge in [-0.05, 0) is 23.6 Å². The molecule has 0 spiro atoms. The van der Waals surface area contributed by atoms with Crippen molar-refractivity contribution in [3.63, 3.8) is 0 Å². The molecule has 0 unspecified atom stereocenters. The van der Waals surface area contributed by atoms with Gasteiger partial charge in [-0.1, -0.05) is 6.07 Å². The number of halogens is 3. The van der Waals surface area contributed by atoms with Gasteiger partial charge in [-0.3, -0.25) is 14.4 Å². The summed E-state index contributed by atoms with van der Waals surface area (Å²) >= 11 is 1.43. The van der Waals surface area contributed by atoms with Crippen LogP contribution in [0.25, 0.3) is 10.6 Å². The molecule has 0 aliphatic rings. The van der Waals surface area contributed by atoms with E-state index in [1.54, 1.807) is 6.07 Å². The van der Waals surface area contributed by atoms with Crippen molar-refractivity contribution in [2.45, 2.75) is 19.3 Å². The molecule has 152 valence electrons. The van der Waals surface area contributed by atoms with Gasteiger partial charge >= 0.3 is 6.18 Å². The molecule has 0 aromatic carbocycles. The van der Waals surface area contributed by atoms with Crippen LogP contribution in [-0.4, -0.2) is 32.0 Å². The van der Waals surface area contributed by atoms with Gasteiger partial charge in [-0.25, -0.2) is 9.36 Å². The molecule has 8 nitrogen and oxygen atoms in total. The summed E-state index contributed by atoms with van der Waals surface area (Å²) in [6.45, 7) is -0.776. The number of amides is 1. The van der Waals surface area contributed by atoms with Crippen LogP contribution in [-0.2, 0) is 24.1 Å². The van der Waals surface area contributed by atoms with Gasteiger partial charge < -0.3 is 5.32 Å². The summed E-state index contributed by atoms with van der Waals surface area (Å²) in [7, 11) is 0. The largest absolute Gasteiger partial charge is 0.435 e. The van der Waals surface area contributed by atoms with Crippen molar-refractivity contribution < 1.29 is 18.0 Å². The van der Waals surface area contributed by atoms with Gasteiger partial charge in [0.1, 0.15) is 12.2 Å². The molecule has 0 aliphatic heterocycles. The quantitative estimate of drug-likeness (QED) is 0.643. The third-order valence-corrected chi connectivity index (χ3v) is 4.63. The Morgan fingerprint density at radius 2 is 1.76 bits per heavy atom. The van der Waals surface area contributed by atoms with Crippen molar-refractivity contribution >= 4 is 17.2 Å². The third-order valence-electron chi connectivity index (χ3n) is 3.74. The second-order valence-corrected chi connectivity index (χ2v) is 6.77. The fourth-order valence-electron chi connectivity index (χ4n) is 2.37. The summed E-state index contributed by atoms with van der Waals surface area (Å²) in [4.78, 5) is 36.4. The molecule has 1 N–H and O–H groups in total. The first-order valence-corrected chi connectivity index (χ1v) is 9.16. The van der Waals surface area contributed by atoms with E-state index in [1.165, 1.54) is 17.4 Å². The average molecular weight is 425 g/mol. The minimum Gasteiger partial charge on any atom is -0.353 e. The summed E-state index contributed by atoms with van der Waals surface area (Å²) in [6, 6.07) is 7.85. The van der Waals surface area contributed by atoms with Crippen LogP contribution in [0.2, 0.25) is 0 Å². The molecule has 0 radical (unpaired) electrons. The Bertz CT molecular complexity index is 1120. The van der Waals surface area contributed by atoms with Crippen LogP contribution in [0.3, 0.4) is 0 Å². The van der Waals surface area contributed by atoms with Gasteiger partial charge in [0.25, 0.3) is 11.1 Å². The van der Waals surface area contributed by atoms with Crippen molar-refractivity contribution in [1.29, 1.82) is 0 Å². The van der Waals surface area contributed by atoms with E-state index in [9.17, 15) is 27.6 Å². The van der Waals surface area contributed by atoms with E-state index in [0.717, 1.165) is 15.6 Å². The van der Waals surface area contributed by atoms with Crippen LogP contribution in [0.1, 0.15) is 5.69 Å². The van der Waals surface area contributed by atoms with Gasteiger partial charge in [0, 0.05) is 18.7 Å². The first-order valence-electron chi connectivity index (χ1n) is 8.28. The van der Waals surface area contributed by atoms with Crippen LogP contribution >= 0.6 is 11.3 Å². The number of alkyl halides is 3. The number of nitrogens with zero attached hydrogens (tertiary/aromatic N) is 4. The Morgan fingerprint density at radius 3 is 2.45 bits per heavy atom. The van der Waals surface area contributed by atoms with Gasteiger partial charge in [0.2, 0.25) is 5.91 Å². The Hall–Kier alpha value is -3.28. The Labute approximate surface area is 165 Å². The Morgan fingerprint density at radius 1 is 1.03 bits per heavy atom. The van der Waals surface area contributed by atoms with Gasteiger partial charge in [-0.15, -0.1) is 11.3 Å². The Kier molecular flexibility index (Phi) is 5.92.